The second-order valence-electron chi connectivity index (χ2n) is 5.23. The Morgan fingerprint density at radius 3 is 2.58 bits per heavy atom. The molecule has 0 radical (unpaired) electrons. The van der Waals surface area contributed by atoms with Crippen LogP contribution in [0.25, 0.3) is 0 Å². The van der Waals surface area contributed by atoms with E-state index in [0.29, 0.717) is 28.8 Å². The minimum atomic E-state index is -0.109. The molecule has 1 aliphatic rings. The summed E-state index contributed by atoms with van der Waals surface area (Å²) in [5.41, 5.74) is 1.84. The molecule has 8 heteroatoms. The van der Waals surface area contributed by atoms with Crippen molar-refractivity contribution in [1.82, 2.24) is 9.78 Å². The monoisotopic (exact) mass is 349 g/mol. The van der Waals surface area contributed by atoms with Crippen LogP contribution in [0.3, 0.4) is 0 Å². The Balaban J connectivity index is 2.16. The first kappa shape index (κ1) is 16.5. The molecule has 2 aromatic rings. The number of nitrogens with zero attached hydrogens (tertiary/aromatic N) is 2. The zero-order valence-corrected chi connectivity index (χ0v) is 14.8. The number of amides is 1. The highest BCUT2D eigenvalue weighted by atomic mass is 32.2. The number of aryl methyl sites for hydroxylation is 1. The number of hydrogen-bond donors (Lipinski definition) is 1. The summed E-state index contributed by atoms with van der Waals surface area (Å²) in [5.74, 6) is 2.72. The van der Waals surface area contributed by atoms with Crippen molar-refractivity contribution in [2.75, 3.05) is 32.4 Å². The minimum absolute atomic E-state index is 0.0493. The van der Waals surface area contributed by atoms with Crippen molar-refractivity contribution >= 4 is 23.5 Å². The van der Waals surface area contributed by atoms with Crippen LogP contribution < -0.4 is 19.5 Å². The SMILES string of the molecule is COc1ccc([C@@H]2SCC(=O)Nc3c2cnn3C)c(OC)c1OC. The van der Waals surface area contributed by atoms with Crippen LogP contribution in [0, 0.1) is 0 Å². The molecule has 24 heavy (non-hydrogen) atoms. The number of carbonyl (C=O) groups excluding carboxylic acids is 1. The lowest BCUT2D eigenvalue weighted by atomic mass is 10.0. The highest BCUT2D eigenvalue weighted by molar-refractivity contribution is 8.00. The maximum Gasteiger partial charge on any atom is 0.235 e. The highest BCUT2D eigenvalue weighted by Gasteiger charge is 2.30. The number of fused-ring (bicyclic) bond motifs is 1. The molecular formula is C16H19N3O4S. The average Bonchev–Trinajstić information content (AvgIpc) is 2.85. The van der Waals surface area contributed by atoms with Gasteiger partial charge in [-0.25, -0.2) is 0 Å². The molecule has 0 spiro atoms. The van der Waals surface area contributed by atoms with Crippen molar-refractivity contribution in [3.8, 4) is 17.2 Å². The molecule has 0 bridgehead atoms. The van der Waals surface area contributed by atoms with Gasteiger partial charge in [0.1, 0.15) is 5.82 Å². The van der Waals surface area contributed by atoms with Crippen molar-refractivity contribution in [1.29, 1.82) is 0 Å². The number of aromatic nitrogens is 2. The largest absolute Gasteiger partial charge is 0.493 e. The van der Waals surface area contributed by atoms with Gasteiger partial charge in [-0.05, 0) is 12.1 Å². The minimum Gasteiger partial charge on any atom is -0.493 e. The third-order valence-corrected chi connectivity index (χ3v) is 5.18. The number of hydrogen-bond acceptors (Lipinski definition) is 6. The van der Waals surface area contributed by atoms with Crippen LogP contribution in [-0.4, -0.2) is 42.8 Å². The fraction of sp³-hybridized carbons (Fsp3) is 0.375. The molecule has 0 saturated carbocycles. The molecular weight excluding hydrogens is 330 g/mol. The van der Waals surface area contributed by atoms with Crippen LogP contribution in [0.5, 0.6) is 17.2 Å². The molecule has 3 rings (SSSR count). The molecule has 1 aromatic heterocycles. The molecule has 1 atom stereocenters. The van der Waals surface area contributed by atoms with E-state index in [9.17, 15) is 4.79 Å². The van der Waals surface area contributed by atoms with Crippen molar-refractivity contribution in [3.63, 3.8) is 0 Å². The van der Waals surface area contributed by atoms with Crippen LogP contribution in [0.15, 0.2) is 18.3 Å². The molecule has 7 nitrogen and oxygen atoms in total. The Morgan fingerprint density at radius 2 is 1.92 bits per heavy atom. The van der Waals surface area contributed by atoms with Crippen LogP contribution >= 0.6 is 11.8 Å². The molecule has 0 saturated heterocycles. The van der Waals surface area contributed by atoms with E-state index in [1.165, 1.54) is 11.8 Å². The molecule has 1 N–H and O–H groups in total. The summed E-state index contributed by atoms with van der Waals surface area (Å²) in [6, 6.07) is 3.78. The summed E-state index contributed by atoms with van der Waals surface area (Å²) in [5, 5.41) is 7.07. The second kappa shape index (κ2) is 6.64. The van der Waals surface area contributed by atoms with Gasteiger partial charge >= 0.3 is 0 Å². The topological polar surface area (TPSA) is 74.6 Å². The molecule has 128 valence electrons. The molecule has 1 amide bonds. The average molecular weight is 349 g/mol. The number of benzene rings is 1. The van der Waals surface area contributed by atoms with Crippen molar-refractivity contribution in [2.45, 2.75) is 5.25 Å². The summed E-state index contributed by atoms with van der Waals surface area (Å²) in [7, 11) is 6.55. The maximum atomic E-state index is 12.0. The van der Waals surface area contributed by atoms with Gasteiger partial charge in [0.2, 0.25) is 11.7 Å². The van der Waals surface area contributed by atoms with Crippen LogP contribution in [0.4, 0.5) is 5.82 Å². The summed E-state index contributed by atoms with van der Waals surface area (Å²) < 4.78 is 18.1. The van der Waals surface area contributed by atoms with Crippen molar-refractivity contribution < 1.29 is 19.0 Å². The highest BCUT2D eigenvalue weighted by Crippen LogP contribution is 2.49. The number of nitrogens with one attached hydrogen (secondary N) is 1. The molecule has 0 unspecified atom stereocenters. The Labute approximate surface area is 144 Å². The van der Waals surface area contributed by atoms with Gasteiger partial charge in [-0.15, -0.1) is 11.8 Å². The fourth-order valence-electron chi connectivity index (χ4n) is 2.80. The van der Waals surface area contributed by atoms with Gasteiger partial charge in [0, 0.05) is 18.2 Å². The van der Waals surface area contributed by atoms with Gasteiger partial charge in [0.25, 0.3) is 0 Å². The zero-order valence-electron chi connectivity index (χ0n) is 14.0. The lowest BCUT2D eigenvalue weighted by Gasteiger charge is -2.20. The van der Waals surface area contributed by atoms with Gasteiger partial charge in [0.15, 0.2) is 11.5 Å². The molecule has 1 aromatic carbocycles. The lowest BCUT2D eigenvalue weighted by Crippen LogP contribution is -2.15. The van der Waals surface area contributed by atoms with Gasteiger partial charge in [-0.1, -0.05) is 0 Å². The predicted molar refractivity (Wildman–Crippen MR) is 92.2 cm³/mol. The van der Waals surface area contributed by atoms with Crippen LogP contribution in [0.1, 0.15) is 16.4 Å². The normalized spacial score (nSPS) is 16.8. The van der Waals surface area contributed by atoms with Crippen LogP contribution in [0.2, 0.25) is 0 Å². The van der Waals surface area contributed by atoms with Crippen molar-refractivity contribution in [2.24, 2.45) is 7.05 Å². The summed E-state index contributed by atoms with van der Waals surface area (Å²) in [6.45, 7) is 0. The van der Waals surface area contributed by atoms with E-state index in [-0.39, 0.29) is 11.2 Å². The predicted octanol–water partition coefficient (Wildman–Crippen LogP) is 2.22. The molecule has 0 fully saturated rings. The first-order valence-corrected chi connectivity index (χ1v) is 8.37. The number of ether oxygens (including phenoxy) is 3. The summed E-state index contributed by atoms with van der Waals surface area (Å²) >= 11 is 1.52. The molecule has 1 aliphatic heterocycles. The Kier molecular flexibility index (Phi) is 4.57. The number of rotatable bonds is 4. The van der Waals surface area contributed by atoms with E-state index < -0.39 is 0 Å². The first-order valence-electron chi connectivity index (χ1n) is 7.32. The van der Waals surface area contributed by atoms with Crippen molar-refractivity contribution in [3.05, 3.63) is 29.5 Å². The lowest BCUT2D eigenvalue weighted by molar-refractivity contribution is -0.113. The zero-order chi connectivity index (χ0) is 17.3. The smallest absolute Gasteiger partial charge is 0.235 e. The standard InChI is InChI=1S/C16H19N3O4S/c1-19-16-10(7-17-19)15(24-8-12(20)18-16)9-5-6-11(21-2)14(23-4)13(9)22-3/h5-7,15H,8H2,1-4H3,(H,18,20)/t15-/m0/s1. The van der Waals surface area contributed by atoms with E-state index in [1.807, 2.05) is 12.1 Å². The summed E-state index contributed by atoms with van der Waals surface area (Å²) in [4.78, 5) is 12.0. The van der Waals surface area contributed by atoms with Gasteiger partial charge in [0.05, 0.1) is 38.5 Å². The van der Waals surface area contributed by atoms with E-state index in [1.54, 1.807) is 39.3 Å². The quantitative estimate of drug-likeness (QED) is 0.912. The Bertz CT molecular complexity index is 775. The van der Waals surface area contributed by atoms with E-state index in [0.717, 1.165) is 11.1 Å². The third-order valence-electron chi connectivity index (χ3n) is 3.91. The number of carbonyl (C=O) groups is 1. The molecule has 2 heterocycles. The van der Waals surface area contributed by atoms with Crippen LogP contribution in [-0.2, 0) is 11.8 Å². The van der Waals surface area contributed by atoms with E-state index in [2.05, 4.69) is 10.4 Å². The maximum absolute atomic E-state index is 12.0. The number of methoxy groups -OCH3 is 3. The molecule has 0 aliphatic carbocycles. The van der Waals surface area contributed by atoms with Gasteiger partial charge in [-0.2, -0.15) is 5.10 Å². The summed E-state index contributed by atoms with van der Waals surface area (Å²) in [6.07, 6.45) is 1.77. The van der Waals surface area contributed by atoms with Gasteiger partial charge < -0.3 is 19.5 Å². The second-order valence-corrected chi connectivity index (χ2v) is 6.33. The first-order chi connectivity index (χ1) is 11.6. The van der Waals surface area contributed by atoms with E-state index >= 15 is 0 Å². The fourth-order valence-corrected chi connectivity index (χ4v) is 3.91. The number of thioether (sulfide) groups is 1. The Hall–Kier alpha value is -2.35. The third kappa shape index (κ3) is 2.66. The number of anilines is 1. The van der Waals surface area contributed by atoms with E-state index in [4.69, 9.17) is 14.2 Å². The van der Waals surface area contributed by atoms with Gasteiger partial charge in [-0.3, -0.25) is 9.48 Å². The Morgan fingerprint density at radius 1 is 1.17 bits per heavy atom.